The molecule has 0 aliphatic heterocycles. The molecule has 0 radical (unpaired) electrons. The second kappa shape index (κ2) is 7.76. The highest BCUT2D eigenvalue weighted by atomic mass is 32.2. The summed E-state index contributed by atoms with van der Waals surface area (Å²) in [5, 5.41) is 0. The van der Waals surface area contributed by atoms with E-state index in [1.54, 1.807) is 0 Å². The lowest BCUT2D eigenvalue weighted by Crippen LogP contribution is -2.26. The molecule has 0 amide bonds. The van der Waals surface area contributed by atoms with Crippen LogP contribution < -0.4 is 4.72 Å². The molecule has 0 atom stereocenters. The first-order chi connectivity index (χ1) is 9.29. The number of rotatable bonds is 8. The molecule has 1 aromatic rings. The van der Waals surface area contributed by atoms with Crippen LogP contribution in [0.4, 0.5) is 0 Å². The van der Waals surface area contributed by atoms with Gasteiger partial charge in [0.25, 0.3) is 0 Å². The number of hydrogen-bond acceptors (Lipinski definition) is 2. The Labute approximate surface area is 124 Å². The van der Waals surface area contributed by atoms with Gasteiger partial charge in [0.05, 0.1) is 14.3 Å². The molecule has 1 N–H and O–H groups in total. The number of hydrogen-bond donors (Lipinski definition) is 1. The van der Waals surface area contributed by atoms with Gasteiger partial charge in [0.1, 0.15) is 0 Å². The topological polar surface area (TPSA) is 46.2 Å². The van der Waals surface area contributed by atoms with Crippen molar-refractivity contribution in [2.75, 3.05) is 12.8 Å². The van der Waals surface area contributed by atoms with Gasteiger partial charge in [-0.25, -0.2) is 13.1 Å². The minimum absolute atomic E-state index is 0.518. The Bertz CT molecular complexity index is 524. The average molecular weight is 312 g/mol. The van der Waals surface area contributed by atoms with Gasteiger partial charge in [-0.3, -0.25) is 0 Å². The molecule has 20 heavy (non-hydrogen) atoms. The van der Waals surface area contributed by atoms with Crippen LogP contribution in [0.5, 0.6) is 0 Å². The third-order valence-corrected chi connectivity index (χ3v) is 6.17. The Hall–Kier alpha value is -0.913. The van der Waals surface area contributed by atoms with Crippen LogP contribution in [0.1, 0.15) is 18.4 Å². The maximum atomic E-state index is 10.9. The number of benzene rings is 1. The van der Waals surface area contributed by atoms with Gasteiger partial charge in [0.15, 0.2) is 0 Å². The molecule has 0 unspecified atom stereocenters. The van der Waals surface area contributed by atoms with Gasteiger partial charge >= 0.3 is 0 Å². The predicted molar refractivity (Wildman–Crippen MR) is 88.8 cm³/mol. The van der Waals surface area contributed by atoms with Gasteiger partial charge in [-0.1, -0.05) is 60.8 Å². The molecule has 0 aliphatic carbocycles. The summed E-state index contributed by atoms with van der Waals surface area (Å²) in [6, 6.07) is 11.7. The third-order valence-electron chi connectivity index (χ3n) is 2.98. The molecule has 0 saturated heterocycles. The van der Waals surface area contributed by atoms with E-state index in [-0.39, 0.29) is 0 Å². The molecule has 0 bridgehead atoms. The van der Waals surface area contributed by atoms with E-state index in [2.05, 4.69) is 53.9 Å². The molecule has 112 valence electrons. The van der Waals surface area contributed by atoms with E-state index in [1.807, 2.05) is 6.07 Å². The summed E-state index contributed by atoms with van der Waals surface area (Å²) >= 11 is 0. The molecule has 0 saturated carbocycles. The van der Waals surface area contributed by atoms with E-state index in [1.165, 1.54) is 11.8 Å². The van der Waals surface area contributed by atoms with E-state index in [0.717, 1.165) is 18.9 Å². The van der Waals surface area contributed by atoms with E-state index >= 15 is 0 Å². The van der Waals surface area contributed by atoms with E-state index in [0.29, 0.717) is 6.54 Å². The van der Waals surface area contributed by atoms with Crippen LogP contribution in [0, 0.1) is 0 Å². The highest BCUT2D eigenvalue weighted by molar-refractivity contribution is 7.88. The van der Waals surface area contributed by atoms with Crippen LogP contribution in [0.15, 0.2) is 42.1 Å². The third kappa shape index (κ3) is 8.30. The van der Waals surface area contributed by atoms with Crippen LogP contribution in [0.3, 0.4) is 0 Å². The van der Waals surface area contributed by atoms with Crippen LogP contribution in [-0.4, -0.2) is 29.3 Å². The Balaban J connectivity index is 2.33. The minimum Gasteiger partial charge on any atom is -0.215 e. The first-order valence-corrected chi connectivity index (χ1v) is 12.1. The molecule has 3 nitrogen and oxygen atoms in total. The lowest BCUT2D eigenvalue weighted by Gasteiger charge is -2.17. The van der Waals surface area contributed by atoms with Gasteiger partial charge < -0.3 is 0 Å². The van der Waals surface area contributed by atoms with Crippen LogP contribution in [0.2, 0.25) is 13.1 Å². The van der Waals surface area contributed by atoms with E-state index in [4.69, 9.17) is 0 Å². The smallest absolute Gasteiger partial charge is 0.208 e. The zero-order valence-corrected chi connectivity index (χ0v) is 14.4. The summed E-state index contributed by atoms with van der Waals surface area (Å²) in [7, 11) is -4.41. The second-order valence-electron chi connectivity index (χ2n) is 5.86. The Morgan fingerprint density at radius 3 is 2.45 bits per heavy atom. The van der Waals surface area contributed by atoms with E-state index < -0.39 is 18.1 Å². The number of allylic oxidation sites excluding steroid dienone is 1. The van der Waals surface area contributed by atoms with Gasteiger partial charge in [0.2, 0.25) is 10.0 Å². The van der Waals surface area contributed by atoms with Crippen molar-refractivity contribution in [3.05, 3.63) is 47.7 Å². The van der Waals surface area contributed by atoms with Crippen molar-refractivity contribution in [1.29, 1.82) is 0 Å². The lowest BCUT2D eigenvalue weighted by atomic mass is 10.2. The first kappa shape index (κ1) is 17.1. The monoisotopic (exact) mass is 311 g/mol. The van der Waals surface area contributed by atoms with Gasteiger partial charge in [-0.05, 0) is 18.9 Å². The molecular weight excluding hydrogens is 286 g/mol. The lowest BCUT2D eigenvalue weighted by molar-refractivity contribution is 0.585. The summed E-state index contributed by atoms with van der Waals surface area (Å²) in [5.74, 6) is 0. The van der Waals surface area contributed by atoms with Crippen LogP contribution in [0.25, 0.3) is 0 Å². The molecule has 5 heteroatoms. The Morgan fingerprint density at radius 1 is 1.20 bits per heavy atom. The summed E-state index contributed by atoms with van der Waals surface area (Å²) < 4.78 is 24.3. The molecule has 1 rings (SSSR count). The molecule has 0 aromatic heterocycles. The largest absolute Gasteiger partial charge is 0.215 e. The maximum absolute atomic E-state index is 10.9. The van der Waals surface area contributed by atoms with E-state index in [9.17, 15) is 8.42 Å². The van der Waals surface area contributed by atoms with Crippen molar-refractivity contribution < 1.29 is 8.42 Å². The van der Waals surface area contributed by atoms with Crippen molar-refractivity contribution in [3.63, 3.8) is 0 Å². The summed E-state index contributed by atoms with van der Waals surface area (Å²) in [4.78, 5) is 0. The van der Waals surface area contributed by atoms with Crippen molar-refractivity contribution in [2.24, 2.45) is 0 Å². The summed E-state index contributed by atoms with van der Waals surface area (Å²) in [5.41, 5.74) is 3.76. The van der Waals surface area contributed by atoms with Crippen molar-refractivity contribution in [3.8, 4) is 0 Å². The Morgan fingerprint density at radius 2 is 1.85 bits per heavy atom. The van der Waals surface area contributed by atoms with Crippen LogP contribution >= 0.6 is 0 Å². The summed E-state index contributed by atoms with van der Waals surface area (Å²) in [6.07, 6.45) is 5.17. The number of nitrogens with one attached hydrogen (secondary N) is 1. The van der Waals surface area contributed by atoms with Gasteiger partial charge in [-0.15, -0.1) is 0 Å². The van der Waals surface area contributed by atoms with Crippen LogP contribution in [-0.2, 0) is 16.1 Å². The molecule has 0 fully saturated rings. The highest BCUT2D eigenvalue weighted by Gasteiger charge is 2.16. The SMILES string of the molecule is C[Si](C)(/C=C/CCCNS(C)(=O)=O)Cc1ccccc1. The van der Waals surface area contributed by atoms with Crippen molar-refractivity contribution in [2.45, 2.75) is 32.0 Å². The first-order valence-electron chi connectivity index (χ1n) is 6.95. The average Bonchev–Trinajstić information content (AvgIpc) is 2.33. The standard InChI is InChI=1S/C15H25NO2SSi/c1-19(17,18)16-12-8-5-9-13-20(2,3)14-15-10-6-4-7-11-15/h4,6-7,9-11,13,16H,5,8,12,14H2,1-3H3/b13-9+. The number of unbranched alkanes of at least 4 members (excludes halogenated alkanes) is 1. The predicted octanol–water partition coefficient (Wildman–Crippen LogP) is 2.90. The zero-order valence-electron chi connectivity index (χ0n) is 12.6. The second-order valence-corrected chi connectivity index (χ2v) is 12.4. The fourth-order valence-electron chi connectivity index (χ4n) is 2.06. The molecule has 1 aromatic carbocycles. The highest BCUT2D eigenvalue weighted by Crippen LogP contribution is 2.13. The summed E-state index contributed by atoms with van der Waals surface area (Å²) in [6.45, 7) is 5.22. The molecule has 0 aliphatic rings. The maximum Gasteiger partial charge on any atom is 0.208 e. The van der Waals surface area contributed by atoms with Crippen molar-refractivity contribution >= 4 is 18.1 Å². The molecule has 0 heterocycles. The van der Waals surface area contributed by atoms with Gasteiger partial charge in [0, 0.05) is 6.54 Å². The normalized spacial score (nSPS) is 12.9. The number of sulfonamides is 1. The fraction of sp³-hybridized carbons (Fsp3) is 0.467. The quantitative estimate of drug-likeness (QED) is 0.593. The zero-order chi connectivity index (χ0) is 15.1. The minimum atomic E-state index is -3.05. The van der Waals surface area contributed by atoms with Crippen molar-refractivity contribution in [1.82, 2.24) is 4.72 Å². The fourth-order valence-corrected chi connectivity index (χ4v) is 4.79. The molecule has 0 spiro atoms. The van der Waals surface area contributed by atoms with Gasteiger partial charge in [-0.2, -0.15) is 0 Å². The Kier molecular flexibility index (Phi) is 6.65. The molecular formula is C15H25NO2SSi.